The van der Waals surface area contributed by atoms with Crippen LogP contribution in [0.1, 0.15) is 17.3 Å². The average Bonchev–Trinajstić information content (AvgIpc) is 2.55. The SMILES string of the molecule is COc1cccnc1C(N)c1ccc(F)c2ccccc12. The second kappa shape index (κ2) is 5.50. The average molecular weight is 282 g/mol. The number of methoxy groups -OCH3 is 1. The lowest BCUT2D eigenvalue weighted by Crippen LogP contribution is -2.15. The number of hydrogen-bond donors (Lipinski definition) is 1. The van der Waals surface area contributed by atoms with E-state index in [0.29, 0.717) is 16.8 Å². The monoisotopic (exact) mass is 282 g/mol. The molecular weight excluding hydrogens is 267 g/mol. The summed E-state index contributed by atoms with van der Waals surface area (Å²) in [5.74, 6) is 0.368. The topological polar surface area (TPSA) is 48.1 Å². The highest BCUT2D eigenvalue weighted by molar-refractivity contribution is 5.87. The lowest BCUT2D eigenvalue weighted by atomic mass is 9.96. The van der Waals surface area contributed by atoms with Gasteiger partial charge in [-0.3, -0.25) is 4.98 Å². The van der Waals surface area contributed by atoms with E-state index in [4.69, 9.17) is 10.5 Å². The van der Waals surface area contributed by atoms with Gasteiger partial charge in [-0.1, -0.05) is 30.3 Å². The van der Waals surface area contributed by atoms with Crippen molar-refractivity contribution in [3.63, 3.8) is 0 Å². The van der Waals surface area contributed by atoms with E-state index in [2.05, 4.69) is 4.98 Å². The summed E-state index contributed by atoms with van der Waals surface area (Å²) in [7, 11) is 1.58. The van der Waals surface area contributed by atoms with Gasteiger partial charge < -0.3 is 10.5 Å². The van der Waals surface area contributed by atoms with E-state index < -0.39 is 6.04 Å². The summed E-state index contributed by atoms with van der Waals surface area (Å²) < 4.78 is 19.2. The molecule has 3 nitrogen and oxygen atoms in total. The Morgan fingerprint density at radius 2 is 1.81 bits per heavy atom. The molecule has 2 aromatic carbocycles. The molecule has 0 saturated heterocycles. The lowest BCUT2D eigenvalue weighted by molar-refractivity contribution is 0.404. The number of ether oxygens (including phenoxy) is 1. The number of fused-ring (bicyclic) bond motifs is 1. The highest BCUT2D eigenvalue weighted by Crippen LogP contribution is 2.31. The smallest absolute Gasteiger partial charge is 0.142 e. The largest absolute Gasteiger partial charge is 0.495 e. The molecule has 1 unspecified atom stereocenters. The molecule has 3 aromatic rings. The van der Waals surface area contributed by atoms with Gasteiger partial charge in [-0.05, 0) is 29.1 Å². The van der Waals surface area contributed by atoms with Gasteiger partial charge in [0.25, 0.3) is 0 Å². The minimum absolute atomic E-state index is 0.255. The van der Waals surface area contributed by atoms with Crippen LogP contribution in [0.5, 0.6) is 5.75 Å². The van der Waals surface area contributed by atoms with Crippen molar-refractivity contribution in [3.05, 3.63) is 71.8 Å². The molecule has 0 aliphatic carbocycles. The molecule has 1 aromatic heterocycles. The zero-order valence-electron chi connectivity index (χ0n) is 11.6. The molecule has 1 atom stereocenters. The first-order valence-corrected chi connectivity index (χ1v) is 6.64. The Kier molecular flexibility index (Phi) is 3.54. The molecule has 21 heavy (non-hydrogen) atoms. The molecule has 3 rings (SSSR count). The highest BCUT2D eigenvalue weighted by atomic mass is 19.1. The van der Waals surface area contributed by atoms with Gasteiger partial charge in [0, 0.05) is 11.6 Å². The molecular formula is C17H15FN2O. The van der Waals surface area contributed by atoms with Crippen LogP contribution in [-0.2, 0) is 0 Å². The Morgan fingerprint density at radius 1 is 1.05 bits per heavy atom. The molecule has 0 fully saturated rings. The number of pyridine rings is 1. The van der Waals surface area contributed by atoms with Crippen LogP contribution in [0.2, 0.25) is 0 Å². The minimum atomic E-state index is -0.480. The molecule has 4 heteroatoms. The molecule has 0 aliphatic heterocycles. The van der Waals surface area contributed by atoms with Crippen molar-refractivity contribution in [2.75, 3.05) is 7.11 Å². The van der Waals surface area contributed by atoms with Crippen molar-refractivity contribution < 1.29 is 9.13 Å². The Hall–Kier alpha value is -2.46. The van der Waals surface area contributed by atoms with E-state index in [1.807, 2.05) is 24.3 Å². The van der Waals surface area contributed by atoms with Crippen molar-refractivity contribution >= 4 is 10.8 Å². The first-order valence-electron chi connectivity index (χ1n) is 6.64. The summed E-state index contributed by atoms with van der Waals surface area (Å²) in [6, 6.07) is 13.6. The number of aromatic nitrogens is 1. The van der Waals surface area contributed by atoms with Crippen molar-refractivity contribution in [2.24, 2.45) is 5.73 Å². The van der Waals surface area contributed by atoms with E-state index in [1.54, 1.807) is 31.5 Å². The van der Waals surface area contributed by atoms with Crippen LogP contribution in [0.4, 0.5) is 4.39 Å². The molecule has 2 N–H and O–H groups in total. The van der Waals surface area contributed by atoms with Crippen LogP contribution in [-0.4, -0.2) is 12.1 Å². The second-order valence-electron chi connectivity index (χ2n) is 4.75. The summed E-state index contributed by atoms with van der Waals surface area (Å²) in [6.07, 6.45) is 1.67. The summed E-state index contributed by atoms with van der Waals surface area (Å²) in [4.78, 5) is 4.31. The molecule has 106 valence electrons. The third-order valence-electron chi connectivity index (χ3n) is 3.55. The predicted octanol–water partition coefficient (Wildman–Crippen LogP) is 3.43. The standard InChI is InChI=1S/C17H15FN2O/c1-21-15-7-4-10-20-17(15)16(19)13-8-9-14(18)12-6-3-2-5-11(12)13/h2-10,16H,19H2,1H3. The summed E-state index contributed by atoms with van der Waals surface area (Å²) in [5.41, 5.74) is 7.80. The maximum absolute atomic E-state index is 13.9. The van der Waals surface area contributed by atoms with Crippen molar-refractivity contribution in [3.8, 4) is 5.75 Å². The number of hydrogen-bond acceptors (Lipinski definition) is 3. The third kappa shape index (κ3) is 2.34. The number of nitrogens with two attached hydrogens (primary N) is 1. The van der Waals surface area contributed by atoms with Gasteiger partial charge in [-0.25, -0.2) is 4.39 Å². The normalized spacial score (nSPS) is 12.3. The van der Waals surface area contributed by atoms with Crippen LogP contribution in [0, 0.1) is 5.82 Å². The van der Waals surface area contributed by atoms with E-state index in [1.165, 1.54) is 6.07 Å². The summed E-state index contributed by atoms with van der Waals surface area (Å²) >= 11 is 0. The molecule has 0 saturated carbocycles. The van der Waals surface area contributed by atoms with Gasteiger partial charge in [0.05, 0.1) is 13.2 Å². The highest BCUT2D eigenvalue weighted by Gasteiger charge is 2.18. The van der Waals surface area contributed by atoms with Crippen LogP contribution in [0.25, 0.3) is 10.8 Å². The summed E-state index contributed by atoms with van der Waals surface area (Å²) in [6.45, 7) is 0. The Bertz CT molecular complexity index is 789. The van der Waals surface area contributed by atoms with Crippen molar-refractivity contribution in [2.45, 2.75) is 6.04 Å². The van der Waals surface area contributed by atoms with Gasteiger partial charge in [-0.2, -0.15) is 0 Å². The van der Waals surface area contributed by atoms with Gasteiger partial charge in [0.2, 0.25) is 0 Å². The number of rotatable bonds is 3. The first kappa shape index (κ1) is 13.5. The molecule has 0 bridgehead atoms. The number of halogens is 1. The van der Waals surface area contributed by atoms with E-state index in [0.717, 1.165) is 10.9 Å². The first-order chi connectivity index (χ1) is 10.2. The number of benzene rings is 2. The van der Waals surface area contributed by atoms with Gasteiger partial charge in [0.15, 0.2) is 0 Å². The molecule has 1 heterocycles. The van der Waals surface area contributed by atoms with Crippen molar-refractivity contribution in [1.82, 2.24) is 4.98 Å². The Labute approximate surface area is 122 Å². The van der Waals surface area contributed by atoms with Crippen molar-refractivity contribution in [1.29, 1.82) is 0 Å². The fourth-order valence-corrected chi connectivity index (χ4v) is 2.51. The lowest BCUT2D eigenvalue weighted by Gasteiger charge is -2.17. The Morgan fingerprint density at radius 3 is 2.57 bits per heavy atom. The third-order valence-corrected chi connectivity index (χ3v) is 3.55. The van der Waals surface area contributed by atoms with Crippen LogP contribution in [0.3, 0.4) is 0 Å². The van der Waals surface area contributed by atoms with Crippen LogP contribution >= 0.6 is 0 Å². The van der Waals surface area contributed by atoms with Gasteiger partial charge in [-0.15, -0.1) is 0 Å². The quantitative estimate of drug-likeness (QED) is 0.800. The maximum Gasteiger partial charge on any atom is 0.142 e. The van der Waals surface area contributed by atoms with E-state index >= 15 is 0 Å². The predicted molar refractivity (Wildman–Crippen MR) is 80.7 cm³/mol. The molecule has 0 radical (unpaired) electrons. The van der Waals surface area contributed by atoms with Crippen LogP contribution < -0.4 is 10.5 Å². The Balaban J connectivity index is 2.18. The zero-order chi connectivity index (χ0) is 14.8. The van der Waals surface area contributed by atoms with E-state index in [9.17, 15) is 4.39 Å². The van der Waals surface area contributed by atoms with E-state index in [-0.39, 0.29) is 5.82 Å². The minimum Gasteiger partial charge on any atom is -0.495 e. The fourth-order valence-electron chi connectivity index (χ4n) is 2.51. The van der Waals surface area contributed by atoms with Gasteiger partial charge in [0.1, 0.15) is 17.3 Å². The molecule has 0 amide bonds. The fraction of sp³-hybridized carbons (Fsp3) is 0.118. The molecule has 0 spiro atoms. The second-order valence-corrected chi connectivity index (χ2v) is 4.75. The molecule has 0 aliphatic rings. The zero-order valence-corrected chi connectivity index (χ0v) is 11.6. The van der Waals surface area contributed by atoms with Gasteiger partial charge >= 0.3 is 0 Å². The number of nitrogens with zero attached hydrogens (tertiary/aromatic N) is 1. The summed E-state index contributed by atoms with van der Waals surface area (Å²) in [5, 5.41) is 1.35. The maximum atomic E-state index is 13.9. The van der Waals surface area contributed by atoms with Crippen LogP contribution in [0.15, 0.2) is 54.7 Å².